The average molecular weight is 378 g/mol. The zero-order chi connectivity index (χ0) is 18.8. The van der Waals surface area contributed by atoms with Crippen molar-refractivity contribution in [2.45, 2.75) is 19.8 Å². The van der Waals surface area contributed by atoms with Gasteiger partial charge in [-0.05, 0) is 70.7 Å². The first-order chi connectivity index (χ1) is 13.2. The Morgan fingerprint density at radius 2 is 1.78 bits per heavy atom. The van der Waals surface area contributed by atoms with Crippen molar-refractivity contribution in [1.29, 1.82) is 0 Å². The van der Waals surface area contributed by atoms with E-state index in [9.17, 15) is 5.11 Å². The van der Waals surface area contributed by atoms with Gasteiger partial charge in [-0.15, -0.1) is 0 Å². The van der Waals surface area contributed by atoms with Crippen molar-refractivity contribution in [2.24, 2.45) is 0 Å². The number of rotatable bonds is 4. The molecule has 0 spiro atoms. The van der Waals surface area contributed by atoms with Crippen LogP contribution in [0.5, 0.6) is 11.5 Å². The zero-order valence-corrected chi connectivity index (χ0v) is 15.8. The molecule has 0 atom stereocenters. The van der Waals surface area contributed by atoms with Crippen LogP contribution in [0.3, 0.4) is 0 Å². The largest absolute Gasteiger partial charge is 0.508 e. The SMILES string of the molecule is CC/C(=C(/c1ccc(O)cc1)c1ccc(Cl)nc1)c1ccc2c(c1)CCO2. The molecule has 136 valence electrons. The van der Waals surface area contributed by atoms with E-state index in [1.165, 1.54) is 16.7 Å². The van der Waals surface area contributed by atoms with E-state index in [2.05, 4.69) is 30.1 Å². The van der Waals surface area contributed by atoms with Crippen LogP contribution in [0, 0.1) is 0 Å². The number of pyridine rings is 1. The highest BCUT2D eigenvalue weighted by atomic mass is 35.5. The fourth-order valence-corrected chi connectivity index (χ4v) is 3.68. The van der Waals surface area contributed by atoms with Crippen LogP contribution in [-0.4, -0.2) is 16.7 Å². The minimum absolute atomic E-state index is 0.250. The Morgan fingerprint density at radius 3 is 2.48 bits per heavy atom. The monoisotopic (exact) mass is 377 g/mol. The molecule has 0 saturated heterocycles. The molecule has 0 unspecified atom stereocenters. The van der Waals surface area contributed by atoms with Crippen LogP contribution in [0.15, 0.2) is 60.8 Å². The van der Waals surface area contributed by atoms with Crippen LogP contribution in [0.4, 0.5) is 0 Å². The van der Waals surface area contributed by atoms with Crippen molar-refractivity contribution in [3.63, 3.8) is 0 Å². The molecule has 0 amide bonds. The first kappa shape index (κ1) is 17.6. The third-order valence-corrected chi connectivity index (χ3v) is 5.09. The van der Waals surface area contributed by atoms with Crippen LogP contribution in [0.25, 0.3) is 11.1 Å². The second-order valence-electron chi connectivity index (χ2n) is 6.54. The van der Waals surface area contributed by atoms with Crippen molar-refractivity contribution in [3.05, 3.63) is 88.2 Å². The topological polar surface area (TPSA) is 42.4 Å². The van der Waals surface area contributed by atoms with E-state index in [-0.39, 0.29) is 5.75 Å². The number of halogens is 1. The number of hydrogen-bond acceptors (Lipinski definition) is 3. The first-order valence-electron chi connectivity index (χ1n) is 9.06. The fraction of sp³-hybridized carbons (Fsp3) is 0.174. The maximum Gasteiger partial charge on any atom is 0.129 e. The Labute approximate surface area is 163 Å². The number of fused-ring (bicyclic) bond motifs is 1. The highest BCUT2D eigenvalue weighted by Crippen LogP contribution is 2.37. The molecule has 27 heavy (non-hydrogen) atoms. The Balaban J connectivity index is 1.93. The van der Waals surface area contributed by atoms with Crippen molar-refractivity contribution in [3.8, 4) is 11.5 Å². The fourth-order valence-electron chi connectivity index (χ4n) is 3.57. The molecule has 1 N–H and O–H groups in total. The Hall–Kier alpha value is -2.78. The number of benzene rings is 2. The number of hydrogen-bond donors (Lipinski definition) is 1. The predicted molar refractivity (Wildman–Crippen MR) is 109 cm³/mol. The van der Waals surface area contributed by atoms with Gasteiger partial charge < -0.3 is 9.84 Å². The van der Waals surface area contributed by atoms with Gasteiger partial charge in [-0.1, -0.05) is 36.7 Å². The van der Waals surface area contributed by atoms with Crippen molar-refractivity contribution >= 4 is 22.7 Å². The van der Waals surface area contributed by atoms with Gasteiger partial charge in [0.05, 0.1) is 6.61 Å². The van der Waals surface area contributed by atoms with E-state index in [1.54, 1.807) is 24.4 Å². The molecule has 0 saturated carbocycles. The lowest BCUT2D eigenvalue weighted by Crippen LogP contribution is -1.96. The molecular weight excluding hydrogens is 358 g/mol. The Kier molecular flexibility index (Phi) is 4.87. The van der Waals surface area contributed by atoms with Crippen molar-refractivity contribution < 1.29 is 9.84 Å². The van der Waals surface area contributed by atoms with Gasteiger partial charge in [-0.2, -0.15) is 0 Å². The van der Waals surface area contributed by atoms with Gasteiger partial charge in [0.15, 0.2) is 0 Å². The summed E-state index contributed by atoms with van der Waals surface area (Å²) in [5.41, 5.74) is 6.78. The third-order valence-electron chi connectivity index (χ3n) is 4.87. The van der Waals surface area contributed by atoms with Crippen LogP contribution in [0.1, 0.15) is 35.6 Å². The summed E-state index contributed by atoms with van der Waals surface area (Å²) in [7, 11) is 0. The number of nitrogens with zero attached hydrogens (tertiary/aromatic N) is 1. The van der Waals surface area contributed by atoms with Crippen LogP contribution in [0.2, 0.25) is 5.15 Å². The summed E-state index contributed by atoms with van der Waals surface area (Å²) in [6, 6.07) is 17.5. The smallest absolute Gasteiger partial charge is 0.129 e. The quantitative estimate of drug-likeness (QED) is 0.465. The Bertz CT molecular complexity index is 944. The molecule has 1 aliphatic heterocycles. The van der Waals surface area contributed by atoms with Gasteiger partial charge >= 0.3 is 0 Å². The van der Waals surface area contributed by atoms with Crippen LogP contribution >= 0.6 is 11.6 Å². The van der Waals surface area contributed by atoms with E-state index < -0.39 is 0 Å². The second-order valence-corrected chi connectivity index (χ2v) is 6.93. The van der Waals surface area contributed by atoms with Gasteiger partial charge in [0.2, 0.25) is 0 Å². The molecular formula is C23H20ClNO2. The number of phenolic OH excluding ortho intramolecular Hbond substituents is 1. The molecule has 4 rings (SSSR count). The molecule has 0 radical (unpaired) electrons. The number of aromatic nitrogens is 1. The molecule has 0 bridgehead atoms. The molecule has 0 aliphatic carbocycles. The minimum atomic E-state index is 0.250. The number of phenols is 1. The van der Waals surface area contributed by atoms with E-state index in [4.69, 9.17) is 16.3 Å². The molecule has 1 aliphatic rings. The van der Waals surface area contributed by atoms with Gasteiger partial charge in [-0.25, -0.2) is 4.98 Å². The number of ether oxygens (including phenoxy) is 1. The normalized spacial score (nSPS) is 13.7. The van der Waals surface area contributed by atoms with Crippen molar-refractivity contribution in [1.82, 2.24) is 4.98 Å². The van der Waals surface area contributed by atoms with Gasteiger partial charge in [0.25, 0.3) is 0 Å². The number of allylic oxidation sites excluding steroid dienone is 1. The lowest BCUT2D eigenvalue weighted by atomic mass is 9.88. The summed E-state index contributed by atoms with van der Waals surface area (Å²) in [5, 5.41) is 10.2. The molecule has 3 nitrogen and oxygen atoms in total. The molecule has 1 aromatic heterocycles. The zero-order valence-electron chi connectivity index (χ0n) is 15.1. The van der Waals surface area contributed by atoms with E-state index in [0.717, 1.165) is 41.9 Å². The Morgan fingerprint density at radius 1 is 1.04 bits per heavy atom. The number of aromatic hydroxyl groups is 1. The molecule has 4 heteroatoms. The lowest BCUT2D eigenvalue weighted by Gasteiger charge is -2.17. The first-order valence-corrected chi connectivity index (χ1v) is 9.44. The highest BCUT2D eigenvalue weighted by molar-refractivity contribution is 6.29. The minimum Gasteiger partial charge on any atom is -0.508 e. The lowest BCUT2D eigenvalue weighted by molar-refractivity contribution is 0.357. The van der Waals surface area contributed by atoms with E-state index >= 15 is 0 Å². The maximum absolute atomic E-state index is 9.70. The van der Waals surface area contributed by atoms with Crippen LogP contribution < -0.4 is 4.74 Å². The summed E-state index contributed by atoms with van der Waals surface area (Å²) in [6.45, 7) is 2.90. The van der Waals surface area contributed by atoms with E-state index in [1.807, 2.05) is 18.2 Å². The molecule has 2 aromatic carbocycles. The summed E-state index contributed by atoms with van der Waals surface area (Å²) in [6.07, 6.45) is 3.60. The standard InChI is InChI=1S/C23H20ClNO2/c1-2-20(16-5-9-21-17(13-16)11-12-27-21)23(15-3-7-19(26)8-4-15)18-6-10-22(24)25-14-18/h3-10,13-14,26H,2,11-12H2,1H3/b23-20+. The summed E-state index contributed by atoms with van der Waals surface area (Å²) >= 11 is 6.00. The van der Waals surface area contributed by atoms with Gasteiger partial charge in [-0.3, -0.25) is 0 Å². The third kappa shape index (κ3) is 3.56. The molecule has 2 heterocycles. The summed E-state index contributed by atoms with van der Waals surface area (Å²) < 4.78 is 5.65. The molecule has 0 fully saturated rings. The second kappa shape index (κ2) is 7.45. The predicted octanol–water partition coefficient (Wildman–Crippen LogP) is 5.74. The summed E-state index contributed by atoms with van der Waals surface area (Å²) in [4.78, 5) is 4.27. The maximum atomic E-state index is 9.70. The highest BCUT2D eigenvalue weighted by Gasteiger charge is 2.17. The summed E-state index contributed by atoms with van der Waals surface area (Å²) in [5.74, 6) is 1.23. The van der Waals surface area contributed by atoms with E-state index in [0.29, 0.717) is 5.15 Å². The van der Waals surface area contributed by atoms with Crippen LogP contribution in [-0.2, 0) is 6.42 Å². The average Bonchev–Trinajstić information content (AvgIpc) is 3.16. The van der Waals surface area contributed by atoms with Gasteiger partial charge in [0, 0.05) is 18.2 Å². The van der Waals surface area contributed by atoms with Gasteiger partial charge in [0.1, 0.15) is 16.7 Å². The van der Waals surface area contributed by atoms with Crippen molar-refractivity contribution in [2.75, 3.05) is 6.61 Å². The molecule has 3 aromatic rings.